The summed E-state index contributed by atoms with van der Waals surface area (Å²) in [6, 6.07) is 0. The van der Waals surface area contributed by atoms with Crippen LogP contribution in [-0.2, 0) is 14.3 Å². The first-order chi connectivity index (χ1) is 8.70. The lowest BCUT2D eigenvalue weighted by Crippen LogP contribution is -2.52. The molecule has 0 aromatic carbocycles. The molecular weight excluding hydrogens is 250 g/mol. The SMILES string of the molecule is CCC1C(=O)C(CCCOC)C2SC=CN2C1=O. The molecule has 18 heavy (non-hydrogen) atoms. The van der Waals surface area contributed by atoms with Gasteiger partial charge >= 0.3 is 0 Å². The molecule has 2 rings (SSSR count). The predicted molar refractivity (Wildman–Crippen MR) is 70.8 cm³/mol. The molecule has 0 bridgehead atoms. The highest BCUT2D eigenvalue weighted by Crippen LogP contribution is 2.40. The summed E-state index contributed by atoms with van der Waals surface area (Å²) in [6.45, 7) is 2.57. The van der Waals surface area contributed by atoms with Gasteiger partial charge in [-0.3, -0.25) is 9.59 Å². The van der Waals surface area contributed by atoms with Gasteiger partial charge in [0.25, 0.3) is 0 Å². The number of hydrogen-bond acceptors (Lipinski definition) is 4. The van der Waals surface area contributed by atoms with Gasteiger partial charge in [-0.05, 0) is 24.7 Å². The summed E-state index contributed by atoms with van der Waals surface area (Å²) in [5.41, 5.74) is 0. The minimum Gasteiger partial charge on any atom is -0.385 e. The number of carbonyl (C=O) groups is 2. The van der Waals surface area contributed by atoms with Crippen LogP contribution in [0.25, 0.3) is 0 Å². The quantitative estimate of drug-likeness (QED) is 0.566. The first-order valence-electron chi connectivity index (χ1n) is 6.37. The van der Waals surface area contributed by atoms with Crippen molar-refractivity contribution in [2.75, 3.05) is 13.7 Å². The number of rotatable bonds is 5. The van der Waals surface area contributed by atoms with Gasteiger partial charge in [-0.2, -0.15) is 0 Å². The number of ketones is 1. The van der Waals surface area contributed by atoms with Crippen molar-refractivity contribution in [3.8, 4) is 0 Å². The van der Waals surface area contributed by atoms with E-state index in [1.807, 2.05) is 18.5 Å². The van der Waals surface area contributed by atoms with E-state index in [0.29, 0.717) is 13.0 Å². The number of nitrogens with zero attached hydrogens (tertiary/aromatic N) is 1. The van der Waals surface area contributed by atoms with Crippen molar-refractivity contribution in [1.82, 2.24) is 4.90 Å². The van der Waals surface area contributed by atoms with Crippen molar-refractivity contribution in [3.63, 3.8) is 0 Å². The summed E-state index contributed by atoms with van der Waals surface area (Å²) in [5, 5.41) is 1.89. The van der Waals surface area contributed by atoms with Crippen molar-refractivity contribution >= 4 is 23.5 Å². The van der Waals surface area contributed by atoms with Crippen LogP contribution < -0.4 is 0 Å². The molecule has 3 atom stereocenters. The topological polar surface area (TPSA) is 46.6 Å². The molecule has 1 fully saturated rings. The molecule has 0 aromatic rings. The number of fused-ring (bicyclic) bond motifs is 1. The highest BCUT2D eigenvalue weighted by Gasteiger charge is 2.47. The van der Waals surface area contributed by atoms with Gasteiger partial charge < -0.3 is 9.64 Å². The highest BCUT2D eigenvalue weighted by atomic mass is 32.2. The average Bonchev–Trinajstić information content (AvgIpc) is 2.83. The summed E-state index contributed by atoms with van der Waals surface area (Å²) >= 11 is 1.58. The number of methoxy groups -OCH3 is 1. The molecule has 5 heteroatoms. The molecule has 100 valence electrons. The van der Waals surface area contributed by atoms with Crippen LogP contribution in [0.4, 0.5) is 0 Å². The number of amides is 1. The molecule has 0 N–H and O–H groups in total. The first-order valence-corrected chi connectivity index (χ1v) is 7.32. The molecule has 2 aliphatic heterocycles. The van der Waals surface area contributed by atoms with E-state index < -0.39 is 5.92 Å². The van der Waals surface area contributed by atoms with Crippen LogP contribution in [0.3, 0.4) is 0 Å². The van der Waals surface area contributed by atoms with Crippen LogP contribution in [0.2, 0.25) is 0 Å². The molecule has 0 radical (unpaired) electrons. The van der Waals surface area contributed by atoms with Crippen LogP contribution in [0.15, 0.2) is 11.6 Å². The number of Topliss-reactive ketones (excluding diaryl/α,β-unsaturated/α-hetero) is 1. The number of hydrogen-bond donors (Lipinski definition) is 0. The van der Waals surface area contributed by atoms with E-state index in [9.17, 15) is 9.59 Å². The summed E-state index contributed by atoms with van der Waals surface area (Å²) in [6.07, 6.45) is 4.07. The normalized spacial score (nSPS) is 31.0. The fourth-order valence-electron chi connectivity index (χ4n) is 2.63. The molecule has 0 saturated carbocycles. The van der Waals surface area contributed by atoms with Crippen molar-refractivity contribution in [3.05, 3.63) is 11.6 Å². The van der Waals surface area contributed by atoms with Crippen molar-refractivity contribution in [2.45, 2.75) is 31.6 Å². The van der Waals surface area contributed by atoms with Crippen LogP contribution in [0, 0.1) is 11.8 Å². The van der Waals surface area contributed by atoms with Gasteiger partial charge in [-0.15, -0.1) is 11.8 Å². The predicted octanol–water partition coefficient (Wildman–Crippen LogP) is 2.01. The molecule has 1 amide bonds. The molecule has 4 nitrogen and oxygen atoms in total. The van der Waals surface area contributed by atoms with Gasteiger partial charge in [-0.1, -0.05) is 6.92 Å². The Labute approximate surface area is 112 Å². The Bertz CT molecular complexity index is 365. The molecule has 2 aliphatic rings. The maximum atomic E-state index is 12.4. The second-order valence-corrected chi connectivity index (χ2v) is 5.69. The number of ether oxygens (including phenoxy) is 1. The van der Waals surface area contributed by atoms with E-state index in [1.54, 1.807) is 23.8 Å². The number of piperidine rings is 1. The van der Waals surface area contributed by atoms with Crippen molar-refractivity contribution < 1.29 is 14.3 Å². The summed E-state index contributed by atoms with van der Waals surface area (Å²) in [7, 11) is 1.67. The molecule has 2 heterocycles. The third kappa shape index (κ3) is 2.34. The number of carbonyl (C=O) groups excluding carboxylic acids is 2. The largest absolute Gasteiger partial charge is 0.385 e. The zero-order chi connectivity index (χ0) is 13.1. The van der Waals surface area contributed by atoms with Crippen LogP contribution in [-0.4, -0.2) is 35.7 Å². The van der Waals surface area contributed by atoms with Crippen LogP contribution in [0.5, 0.6) is 0 Å². The highest BCUT2D eigenvalue weighted by molar-refractivity contribution is 8.03. The van der Waals surface area contributed by atoms with Crippen LogP contribution >= 0.6 is 11.8 Å². The monoisotopic (exact) mass is 269 g/mol. The molecule has 0 spiro atoms. The van der Waals surface area contributed by atoms with E-state index in [2.05, 4.69) is 0 Å². The summed E-state index contributed by atoms with van der Waals surface area (Å²) < 4.78 is 5.04. The Morgan fingerprint density at radius 1 is 1.44 bits per heavy atom. The third-order valence-corrected chi connectivity index (χ3v) is 4.70. The van der Waals surface area contributed by atoms with Gasteiger partial charge in [0, 0.05) is 25.8 Å². The standard InChI is InChI=1S/C13H19NO3S/c1-3-9-11(15)10(5-4-7-17-2)13-14(12(9)16)6-8-18-13/h6,8-10,13H,3-5,7H2,1-2H3. The lowest BCUT2D eigenvalue weighted by molar-refractivity contribution is -0.148. The Balaban J connectivity index is 2.12. The molecular formula is C13H19NO3S. The average molecular weight is 269 g/mol. The molecule has 1 saturated heterocycles. The van der Waals surface area contributed by atoms with Crippen molar-refractivity contribution in [2.24, 2.45) is 11.8 Å². The van der Waals surface area contributed by atoms with E-state index in [-0.39, 0.29) is 23.0 Å². The molecule has 3 unspecified atom stereocenters. The maximum Gasteiger partial charge on any atom is 0.238 e. The lowest BCUT2D eigenvalue weighted by Gasteiger charge is -2.38. The van der Waals surface area contributed by atoms with Gasteiger partial charge in [0.05, 0.1) is 11.3 Å². The van der Waals surface area contributed by atoms with Gasteiger partial charge in [0.15, 0.2) is 5.78 Å². The first kappa shape index (κ1) is 13.6. The summed E-state index contributed by atoms with van der Waals surface area (Å²) in [4.78, 5) is 26.3. The maximum absolute atomic E-state index is 12.4. The second kappa shape index (κ2) is 5.89. The molecule has 0 aliphatic carbocycles. The lowest BCUT2D eigenvalue weighted by atomic mass is 9.83. The van der Waals surface area contributed by atoms with Crippen LogP contribution in [0.1, 0.15) is 26.2 Å². The minimum absolute atomic E-state index is 0.0235. The van der Waals surface area contributed by atoms with E-state index >= 15 is 0 Å². The Morgan fingerprint density at radius 3 is 2.89 bits per heavy atom. The van der Waals surface area contributed by atoms with Gasteiger partial charge in [0.2, 0.25) is 5.91 Å². The Hall–Kier alpha value is -0.810. The zero-order valence-electron chi connectivity index (χ0n) is 10.8. The van der Waals surface area contributed by atoms with E-state index in [0.717, 1.165) is 12.8 Å². The third-order valence-electron chi connectivity index (χ3n) is 3.59. The van der Waals surface area contributed by atoms with E-state index in [4.69, 9.17) is 4.74 Å². The minimum atomic E-state index is -0.447. The number of thioether (sulfide) groups is 1. The summed E-state index contributed by atoms with van der Waals surface area (Å²) in [5.74, 6) is -0.410. The fourth-order valence-corrected chi connectivity index (χ4v) is 3.76. The van der Waals surface area contributed by atoms with E-state index in [1.165, 1.54) is 0 Å². The zero-order valence-corrected chi connectivity index (χ0v) is 11.6. The Kier molecular flexibility index (Phi) is 4.45. The Morgan fingerprint density at radius 2 is 2.22 bits per heavy atom. The second-order valence-electron chi connectivity index (χ2n) is 4.66. The smallest absolute Gasteiger partial charge is 0.238 e. The van der Waals surface area contributed by atoms with Gasteiger partial charge in [0.1, 0.15) is 0 Å². The fraction of sp³-hybridized carbons (Fsp3) is 0.692. The van der Waals surface area contributed by atoms with Gasteiger partial charge in [-0.25, -0.2) is 0 Å². The molecule has 0 aromatic heterocycles. The van der Waals surface area contributed by atoms with Crippen molar-refractivity contribution in [1.29, 1.82) is 0 Å².